The Hall–Kier alpha value is -3.11. The van der Waals surface area contributed by atoms with E-state index in [2.05, 4.69) is 10.4 Å². The lowest BCUT2D eigenvalue weighted by atomic mass is 9.96. The molecule has 1 heterocycles. The van der Waals surface area contributed by atoms with Crippen molar-refractivity contribution in [3.05, 3.63) is 58.2 Å². The van der Waals surface area contributed by atoms with Crippen molar-refractivity contribution in [1.29, 1.82) is 0 Å². The van der Waals surface area contributed by atoms with Crippen molar-refractivity contribution in [1.82, 2.24) is 15.1 Å². The highest BCUT2D eigenvalue weighted by Gasteiger charge is 2.33. The van der Waals surface area contributed by atoms with E-state index in [1.54, 1.807) is 30.1 Å². The van der Waals surface area contributed by atoms with Gasteiger partial charge in [0, 0.05) is 38.4 Å². The summed E-state index contributed by atoms with van der Waals surface area (Å²) < 4.78 is 51.6. The van der Waals surface area contributed by atoms with E-state index in [1.165, 1.54) is 13.2 Å². The van der Waals surface area contributed by atoms with Gasteiger partial charge >= 0.3 is 6.18 Å². The normalized spacial score (nSPS) is 12.5. The van der Waals surface area contributed by atoms with Gasteiger partial charge < -0.3 is 14.8 Å². The third-order valence-corrected chi connectivity index (χ3v) is 6.45. The van der Waals surface area contributed by atoms with E-state index < -0.39 is 16.8 Å². The summed E-state index contributed by atoms with van der Waals surface area (Å²) in [6.45, 7) is 3.22. The lowest BCUT2D eigenvalue weighted by Crippen LogP contribution is -2.27. The van der Waals surface area contributed by atoms with Crippen molar-refractivity contribution in [2.24, 2.45) is 5.92 Å². The van der Waals surface area contributed by atoms with Gasteiger partial charge in [-0.1, -0.05) is 24.9 Å². The van der Waals surface area contributed by atoms with Gasteiger partial charge in [0.2, 0.25) is 0 Å². The van der Waals surface area contributed by atoms with Crippen LogP contribution in [0.2, 0.25) is 5.02 Å². The molecule has 0 saturated carbocycles. The molecule has 0 radical (unpaired) electrons. The number of rotatable bonds is 12. The van der Waals surface area contributed by atoms with Crippen LogP contribution < -0.4 is 10.1 Å². The Morgan fingerprint density at radius 3 is 2.59 bits per heavy atom. The Balaban J connectivity index is 1.71. The second-order valence-electron chi connectivity index (χ2n) is 8.61. The number of hydrogen-bond acceptors (Lipinski definition) is 5. The first-order chi connectivity index (χ1) is 17.6. The largest absolute Gasteiger partial charge is 0.495 e. The summed E-state index contributed by atoms with van der Waals surface area (Å²) in [5, 5.41) is 7.59. The summed E-state index contributed by atoms with van der Waals surface area (Å²) in [4.78, 5) is 25.2. The maximum absolute atomic E-state index is 13.1. The van der Waals surface area contributed by atoms with E-state index in [0.29, 0.717) is 48.3 Å². The van der Waals surface area contributed by atoms with Crippen LogP contribution in [0, 0.1) is 5.92 Å². The van der Waals surface area contributed by atoms with Crippen LogP contribution in [-0.4, -0.2) is 48.8 Å². The molecule has 0 bridgehead atoms. The van der Waals surface area contributed by atoms with Crippen LogP contribution in [0.3, 0.4) is 0 Å². The van der Waals surface area contributed by atoms with E-state index in [1.807, 2.05) is 6.92 Å². The topological polar surface area (TPSA) is 82.5 Å². The molecule has 11 heteroatoms. The molecule has 7 nitrogen and oxygen atoms in total. The number of alkyl halides is 3. The highest BCUT2D eigenvalue weighted by molar-refractivity contribution is 6.31. The second kappa shape index (κ2) is 12.4. The molecule has 0 aliphatic heterocycles. The zero-order chi connectivity index (χ0) is 27.2. The fourth-order valence-corrected chi connectivity index (χ4v) is 4.28. The number of halogens is 4. The van der Waals surface area contributed by atoms with Gasteiger partial charge in [-0.05, 0) is 42.7 Å². The van der Waals surface area contributed by atoms with Gasteiger partial charge in [0.1, 0.15) is 5.75 Å². The molecule has 3 rings (SSSR count). The number of amides is 1. The molecule has 1 aromatic heterocycles. The summed E-state index contributed by atoms with van der Waals surface area (Å²) in [6, 6.07) is 6.61. The fourth-order valence-electron chi connectivity index (χ4n) is 4.06. The molecule has 37 heavy (non-hydrogen) atoms. The molecule has 1 N–H and O–H groups in total. The number of carbonyl (C=O) groups excluding carboxylic acids is 2. The van der Waals surface area contributed by atoms with E-state index in [0.717, 1.165) is 18.6 Å². The van der Waals surface area contributed by atoms with Gasteiger partial charge in [-0.15, -0.1) is 0 Å². The third kappa shape index (κ3) is 7.01. The summed E-state index contributed by atoms with van der Waals surface area (Å²) >= 11 is 5.66. The molecule has 0 fully saturated rings. The molecule has 1 atom stereocenters. The van der Waals surface area contributed by atoms with E-state index in [9.17, 15) is 22.8 Å². The van der Waals surface area contributed by atoms with Crippen LogP contribution in [0.4, 0.5) is 13.2 Å². The smallest absolute Gasteiger partial charge is 0.417 e. The predicted molar refractivity (Wildman–Crippen MR) is 134 cm³/mol. The lowest BCUT2D eigenvalue weighted by molar-refractivity contribution is -0.137. The van der Waals surface area contributed by atoms with Crippen molar-refractivity contribution in [2.75, 3.05) is 27.4 Å². The van der Waals surface area contributed by atoms with E-state index in [-0.39, 0.29) is 29.6 Å². The van der Waals surface area contributed by atoms with Crippen LogP contribution in [-0.2, 0) is 17.5 Å². The second-order valence-corrected chi connectivity index (χ2v) is 9.01. The average molecular weight is 540 g/mol. The molecule has 1 amide bonds. The average Bonchev–Trinajstić information content (AvgIpc) is 3.27. The molecule has 200 valence electrons. The summed E-state index contributed by atoms with van der Waals surface area (Å²) in [5.74, 6) is -0.207. The summed E-state index contributed by atoms with van der Waals surface area (Å²) in [6.07, 6.45) is -1.54. The molecular formula is C26H29ClF3N3O4. The van der Waals surface area contributed by atoms with Gasteiger partial charge in [-0.3, -0.25) is 14.3 Å². The summed E-state index contributed by atoms with van der Waals surface area (Å²) in [5.41, 5.74) is -0.00465. The standard InChI is InChI=1S/C26H29ClF3N3O4/c1-4-16(5-10-23(34)17-6-8-21(27)20(13-17)26(28,29)30)14-33-15-19-22(32-33)9-7-18(24(19)37-3)25(35)31-11-12-36-2/h6-9,13,15-16H,4-5,10-12,14H2,1-3H3,(H,31,35). The number of methoxy groups -OCH3 is 2. The van der Waals surface area contributed by atoms with E-state index >= 15 is 0 Å². The first kappa shape index (κ1) is 28.5. The molecular weight excluding hydrogens is 511 g/mol. The molecule has 0 spiro atoms. The molecule has 1 unspecified atom stereocenters. The highest BCUT2D eigenvalue weighted by atomic mass is 35.5. The SMILES string of the molecule is CCC(CCC(=O)c1ccc(Cl)c(C(F)(F)F)c1)Cn1cc2c(OC)c(C(=O)NCCOC)ccc2n1. The Morgan fingerprint density at radius 2 is 1.95 bits per heavy atom. The number of hydrogen-bond donors (Lipinski definition) is 1. The maximum atomic E-state index is 13.1. The molecule has 0 aliphatic rings. The quantitative estimate of drug-likeness (QED) is 0.233. The van der Waals surface area contributed by atoms with Crippen molar-refractivity contribution < 1.29 is 32.2 Å². The van der Waals surface area contributed by atoms with Crippen LogP contribution in [0.15, 0.2) is 36.5 Å². The Kier molecular flexibility index (Phi) is 9.56. The number of nitrogens with one attached hydrogen (secondary N) is 1. The van der Waals surface area contributed by atoms with Crippen molar-refractivity contribution in [2.45, 2.75) is 38.9 Å². The van der Waals surface area contributed by atoms with Gasteiger partial charge in [-0.25, -0.2) is 0 Å². The number of benzene rings is 2. The monoisotopic (exact) mass is 539 g/mol. The Bertz CT molecular complexity index is 1260. The van der Waals surface area contributed by atoms with Crippen molar-refractivity contribution >= 4 is 34.2 Å². The van der Waals surface area contributed by atoms with Gasteiger partial charge in [-0.2, -0.15) is 18.3 Å². The first-order valence-electron chi connectivity index (χ1n) is 11.8. The van der Waals surface area contributed by atoms with Crippen molar-refractivity contribution in [3.63, 3.8) is 0 Å². The van der Waals surface area contributed by atoms with Gasteiger partial charge in [0.15, 0.2) is 5.78 Å². The number of aromatic nitrogens is 2. The van der Waals surface area contributed by atoms with Crippen LogP contribution in [0.5, 0.6) is 5.75 Å². The third-order valence-electron chi connectivity index (χ3n) is 6.12. The maximum Gasteiger partial charge on any atom is 0.417 e. The van der Waals surface area contributed by atoms with Crippen LogP contribution in [0.1, 0.15) is 52.5 Å². The minimum Gasteiger partial charge on any atom is -0.495 e. The molecule has 0 aliphatic carbocycles. The zero-order valence-corrected chi connectivity index (χ0v) is 21.6. The predicted octanol–water partition coefficient (Wildman–Crippen LogP) is 5.78. The summed E-state index contributed by atoms with van der Waals surface area (Å²) in [7, 11) is 3.04. The minimum absolute atomic E-state index is 0.0163. The number of Topliss-reactive ketones (excluding diaryl/α,β-unsaturated/α-hetero) is 1. The highest BCUT2D eigenvalue weighted by Crippen LogP contribution is 2.35. The zero-order valence-electron chi connectivity index (χ0n) is 20.8. The van der Waals surface area contributed by atoms with E-state index in [4.69, 9.17) is 21.1 Å². The molecule has 0 saturated heterocycles. The molecule has 2 aromatic carbocycles. The number of ether oxygens (including phenoxy) is 2. The Labute approximate surface area is 217 Å². The number of nitrogens with zero attached hydrogens (tertiary/aromatic N) is 2. The number of fused-ring (bicyclic) bond motifs is 1. The number of ketones is 1. The van der Waals surface area contributed by atoms with Crippen LogP contribution in [0.25, 0.3) is 10.9 Å². The fraction of sp³-hybridized carbons (Fsp3) is 0.423. The lowest BCUT2D eigenvalue weighted by Gasteiger charge is -2.15. The minimum atomic E-state index is -4.63. The number of carbonyl (C=O) groups is 2. The van der Waals surface area contributed by atoms with Crippen molar-refractivity contribution in [3.8, 4) is 5.75 Å². The Morgan fingerprint density at radius 1 is 1.19 bits per heavy atom. The van der Waals surface area contributed by atoms with Gasteiger partial charge in [0.05, 0.1) is 40.8 Å². The molecule has 3 aromatic rings. The van der Waals surface area contributed by atoms with Crippen LogP contribution >= 0.6 is 11.6 Å². The first-order valence-corrected chi connectivity index (χ1v) is 12.2. The van der Waals surface area contributed by atoms with Gasteiger partial charge in [0.25, 0.3) is 5.91 Å².